The van der Waals surface area contributed by atoms with Gasteiger partial charge in [-0.1, -0.05) is 12.5 Å². The molecule has 0 N–H and O–H groups in total. The van der Waals surface area contributed by atoms with E-state index in [-0.39, 0.29) is 10.9 Å². The molecule has 0 atom stereocenters. The summed E-state index contributed by atoms with van der Waals surface area (Å²) in [5, 5.41) is 8.82. The van der Waals surface area contributed by atoms with E-state index < -0.39 is 10.0 Å². The van der Waals surface area contributed by atoms with Crippen LogP contribution >= 0.6 is 0 Å². The van der Waals surface area contributed by atoms with Crippen LogP contribution in [0.15, 0.2) is 47.5 Å². The highest BCUT2D eigenvalue weighted by Crippen LogP contribution is 2.23. The summed E-state index contributed by atoms with van der Waals surface area (Å²) in [5.41, 5.74) is 1.73. The minimum absolute atomic E-state index is 0.242. The molecule has 2 aromatic rings. The Kier molecular flexibility index (Phi) is 6.70. The van der Waals surface area contributed by atoms with Gasteiger partial charge in [-0.15, -0.1) is 0 Å². The van der Waals surface area contributed by atoms with E-state index in [9.17, 15) is 13.2 Å². The lowest BCUT2D eigenvalue weighted by molar-refractivity contribution is 0.215. The Morgan fingerprint density at radius 1 is 1.10 bits per heavy atom. The first kappa shape index (κ1) is 21.7. The number of amides is 2. The number of piperidine rings is 1. The molecule has 1 aromatic heterocycles. The summed E-state index contributed by atoms with van der Waals surface area (Å²) in [6, 6.07) is 11.5. The van der Waals surface area contributed by atoms with Gasteiger partial charge >= 0.3 is 6.03 Å². The molecule has 158 valence electrons. The number of carbonyl (C=O) groups excluding carboxylic acids is 1. The number of nitriles is 1. The monoisotopic (exact) mass is 427 g/mol. The predicted molar refractivity (Wildman–Crippen MR) is 113 cm³/mol. The number of carbonyl (C=O) groups is 1. The quantitative estimate of drug-likeness (QED) is 0.731. The first-order chi connectivity index (χ1) is 14.3. The average Bonchev–Trinajstić information content (AvgIpc) is 2.79. The topological polar surface area (TPSA) is 97.6 Å². The van der Waals surface area contributed by atoms with Crippen LogP contribution in [0.4, 0.5) is 10.5 Å². The number of aromatic nitrogens is 1. The van der Waals surface area contributed by atoms with Crippen LogP contribution in [-0.4, -0.2) is 55.8 Å². The highest BCUT2D eigenvalue weighted by Gasteiger charge is 2.26. The summed E-state index contributed by atoms with van der Waals surface area (Å²) in [6.07, 6.45) is 4.40. The van der Waals surface area contributed by atoms with Crippen LogP contribution in [0.5, 0.6) is 0 Å². The Morgan fingerprint density at radius 2 is 1.77 bits per heavy atom. The molecule has 0 unspecified atom stereocenters. The van der Waals surface area contributed by atoms with Crippen LogP contribution in [-0.2, 0) is 16.6 Å². The van der Waals surface area contributed by atoms with Crippen molar-refractivity contribution in [2.24, 2.45) is 0 Å². The molecule has 0 bridgehead atoms. The van der Waals surface area contributed by atoms with E-state index in [0.29, 0.717) is 31.0 Å². The van der Waals surface area contributed by atoms with Crippen LogP contribution in [0.2, 0.25) is 0 Å². The molecule has 8 nitrogen and oxygen atoms in total. The Morgan fingerprint density at radius 3 is 2.33 bits per heavy atom. The SMILES string of the molecule is CN(Cc1ccc(C#N)nc1)C(=O)N(C)c1ccc(S(=O)(=O)N2CCCCC2)cc1. The van der Waals surface area contributed by atoms with Crippen LogP contribution in [0.3, 0.4) is 0 Å². The molecule has 1 aromatic carbocycles. The van der Waals surface area contributed by atoms with Crippen molar-refractivity contribution in [2.75, 3.05) is 32.1 Å². The van der Waals surface area contributed by atoms with Crippen LogP contribution in [0.25, 0.3) is 0 Å². The molecule has 1 saturated heterocycles. The van der Waals surface area contributed by atoms with Crippen LogP contribution < -0.4 is 4.90 Å². The van der Waals surface area contributed by atoms with Crippen molar-refractivity contribution in [1.82, 2.24) is 14.2 Å². The second kappa shape index (κ2) is 9.24. The Bertz CT molecular complexity index is 1020. The van der Waals surface area contributed by atoms with Crippen molar-refractivity contribution in [3.05, 3.63) is 53.9 Å². The van der Waals surface area contributed by atoms with Gasteiger partial charge < -0.3 is 4.90 Å². The molecule has 1 aliphatic rings. The molecule has 0 radical (unpaired) electrons. The Balaban J connectivity index is 1.67. The molecule has 2 amide bonds. The van der Waals surface area contributed by atoms with E-state index in [4.69, 9.17) is 5.26 Å². The van der Waals surface area contributed by atoms with E-state index in [1.807, 2.05) is 6.07 Å². The molecule has 9 heteroatoms. The van der Waals surface area contributed by atoms with E-state index in [2.05, 4.69) is 4.98 Å². The first-order valence-corrected chi connectivity index (χ1v) is 11.2. The van der Waals surface area contributed by atoms with Crippen molar-refractivity contribution >= 4 is 21.7 Å². The van der Waals surface area contributed by atoms with Gasteiger partial charge in [0.1, 0.15) is 11.8 Å². The van der Waals surface area contributed by atoms with Gasteiger partial charge in [0.2, 0.25) is 10.0 Å². The fraction of sp³-hybridized carbons (Fsp3) is 0.381. The number of pyridine rings is 1. The zero-order valence-corrected chi connectivity index (χ0v) is 18.0. The number of sulfonamides is 1. The molecule has 1 aliphatic heterocycles. The summed E-state index contributed by atoms with van der Waals surface area (Å²) < 4.78 is 27.1. The largest absolute Gasteiger partial charge is 0.324 e. The average molecular weight is 428 g/mol. The third-order valence-electron chi connectivity index (χ3n) is 5.15. The Labute approximate surface area is 177 Å². The van der Waals surface area contributed by atoms with E-state index in [1.54, 1.807) is 56.7 Å². The van der Waals surface area contributed by atoms with Crippen LogP contribution in [0, 0.1) is 11.3 Å². The smallest absolute Gasteiger partial charge is 0.323 e. The number of rotatable bonds is 5. The molecule has 0 aliphatic carbocycles. The molecule has 30 heavy (non-hydrogen) atoms. The van der Waals surface area contributed by atoms with Gasteiger partial charge in [-0.3, -0.25) is 4.90 Å². The molecule has 2 heterocycles. The molecular weight excluding hydrogens is 402 g/mol. The first-order valence-electron chi connectivity index (χ1n) is 9.77. The fourth-order valence-corrected chi connectivity index (χ4v) is 4.91. The summed E-state index contributed by atoms with van der Waals surface area (Å²) >= 11 is 0. The van der Waals surface area contributed by atoms with Crippen molar-refractivity contribution < 1.29 is 13.2 Å². The van der Waals surface area contributed by atoms with Gasteiger partial charge in [-0.25, -0.2) is 18.2 Å². The number of benzene rings is 1. The number of hydrogen-bond acceptors (Lipinski definition) is 5. The van der Waals surface area contributed by atoms with Crippen molar-refractivity contribution in [1.29, 1.82) is 5.26 Å². The maximum atomic E-state index is 12.8. The zero-order chi connectivity index (χ0) is 21.7. The second-order valence-corrected chi connectivity index (χ2v) is 9.26. The second-order valence-electron chi connectivity index (χ2n) is 7.32. The van der Waals surface area contributed by atoms with Crippen LogP contribution in [0.1, 0.15) is 30.5 Å². The highest BCUT2D eigenvalue weighted by atomic mass is 32.2. The molecular formula is C21H25N5O3S. The maximum Gasteiger partial charge on any atom is 0.324 e. The lowest BCUT2D eigenvalue weighted by atomic mass is 10.2. The predicted octanol–water partition coefficient (Wildman–Crippen LogP) is 2.82. The third-order valence-corrected chi connectivity index (χ3v) is 7.06. The highest BCUT2D eigenvalue weighted by molar-refractivity contribution is 7.89. The van der Waals surface area contributed by atoms with Crippen molar-refractivity contribution in [3.8, 4) is 6.07 Å². The van der Waals surface area contributed by atoms with Crippen molar-refractivity contribution in [2.45, 2.75) is 30.7 Å². The maximum absolute atomic E-state index is 12.8. The lowest BCUT2D eigenvalue weighted by Crippen LogP contribution is -2.38. The van der Waals surface area contributed by atoms with Gasteiger partial charge in [0.05, 0.1) is 4.90 Å². The van der Waals surface area contributed by atoms with E-state index >= 15 is 0 Å². The summed E-state index contributed by atoms with van der Waals surface area (Å²) in [7, 11) is -0.182. The number of nitrogens with zero attached hydrogens (tertiary/aromatic N) is 5. The molecule has 0 spiro atoms. The number of hydrogen-bond donors (Lipinski definition) is 0. The van der Waals surface area contributed by atoms with Gasteiger partial charge in [0, 0.05) is 45.6 Å². The molecule has 0 saturated carbocycles. The fourth-order valence-electron chi connectivity index (χ4n) is 3.39. The minimum atomic E-state index is -3.50. The summed E-state index contributed by atoms with van der Waals surface area (Å²) in [4.78, 5) is 20.0. The minimum Gasteiger partial charge on any atom is -0.323 e. The van der Waals surface area contributed by atoms with Gasteiger partial charge in [-0.05, 0) is 48.7 Å². The zero-order valence-electron chi connectivity index (χ0n) is 17.2. The summed E-state index contributed by atoms with van der Waals surface area (Å²) in [5.74, 6) is 0. The van der Waals surface area contributed by atoms with Crippen molar-refractivity contribution in [3.63, 3.8) is 0 Å². The number of urea groups is 1. The molecule has 3 rings (SSSR count). The van der Waals surface area contributed by atoms with E-state index in [1.165, 1.54) is 14.1 Å². The van der Waals surface area contributed by atoms with Gasteiger partial charge in [0.15, 0.2) is 0 Å². The Hall–Kier alpha value is -2.96. The number of anilines is 1. The standard InChI is InChI=1S/C21H25N5O3S/c1-24(16-17-6-7-18(14-22)23-15-17)21(27)25(2)19-8-10-20(11-9-19)30(28,29)26-12-4-3-5-13-26/h6-11,15H,3-5,12-13,16H2,1-2H3. The normalized spacial score (nSPS) is 14.7. The molecule has 1 fully saturated rings. The lowest BCUT2D eigenvalue weighted by Gasteiger charge is -2.27. The van der Waals surface area contributed by atoms with E-state index in [0.717, 1.165) is 24.8 Å². The van der Waals surface area contributed by atoms with Gasteiger partial charge in [0.25, 0.3) is 0 Å². The van der Waals surface area contributed by atoms with Gasteiger partial charge in [-0.2, -0.15) is 9.57 Å². The summed E-state index contributed by atoms with van der Waals surface area (Å²) in [6.45, 7) is 1.44. The third kappa shape index (κ3) is 4.78.